The number of halogens is 1. The van der Waals surface area contributed by atoms with E-state index in [1.807, 2.05) is 24.3 Å². The van der Waals surface area contributed by atoms with E-state index in [1.54, 1.807) is 34.1 Å². The normalized spacial score (nSPS) is 16.4. The second-order valence-corrected chi connectivity index (χ2v) is 9.51. The van der Waals surface area contributed by atoms with E-state index in [9.17, 15) is 9.59 Å². The van der Waals surface area contributed by atoms with E-state index >= 15 is 0 Å². The molecule has 3 aromatic rings. The van der Waals surface area contributed by atoms with Gasteiger partial charge in [0.2, 0.25) is 5.91 Å². The molecule has 0 aliphatic carbocycles. The summed E-state index contributed by atoms with van der Waals surface area (Å²) in [7, 11) is 0. The van der Waals surface area contributed by atoms with Crippen LogP contribution < -0.4 is 4.90 Å². The van der Waals surface area contributed by atoms with Crippen molar-refractivity contribution >= 4 is 29.1 Å². The monoisotopic (exact) mass is 473 g/mol. The molecule has 6 heteroatoms. The third kappa shape index (κ3) is 5.01. The topological polar surface area (TPSA) is 43.9 Å². The SMILES string of the molecule is O=C(c1ccc(Cl)cc1)N1CC(=O)N(Cc2ccc(CN3CCCC3)cc2)c2ccccc2C1. The third-order valence-electron chi connectivity index (χ3n) is 6.62. The highest BCUT2D eigenvalue weighted by Gasteiger charge is 2.29. The molecule has 1 fully saturated rings. The van der Waals surface area contributed by atoms with Crippen LogP contribution in [0.4, 0.5) is 5.69 Å². The number of anilines is 1. The summed E-state index contributed by atoms with van der Waals surface area (Å²) >= 11 is 5.98. The zero-order chi connectivity index (χ0) is 23.5. The fraction of sp³-hybridized carbons (Fsp3) is 0.286. The second kappa shape index (κ2) is 10.00. The highest BCUT2D eigenvalue weighted by Crippen LogP contribution is 2.28. The van der Waals surface area contributed by atoms with Crippen molar-refractivity contribution < 1.29 is 9.59 Å². The molecule has 0 bridgehead atoms. The molecule has 3 aromatic carbocycles. The Morgan fingerprint density at radius 3 is 2.15 bits per heavy atom. The molecule has 0 spiro atoms. The predicted octanol–water partition coefficient (Wildman–Crippen LogP) is 5.13. The lowest BCUT2D eigenvalue weighted by molar-refractivity contribution is -0.119. The van der Waals surface area contributed by atoms with Crippen molar-refractivity contribution in [3.8, 4) is 0 Å². The van der Waals surface area contributed by atoms with E-state index in [0.717, 1.165) is 23.4 Å². The summed E-state index contributed by atoms with van der Waals surface area (Å²) in [5, 5.41) is 0.575. The van der Waals surface area contributed by atoms with Gasteiger partial charge < -0.3 is 9.80 Å². The molecule has 2 aliphatic heterocycles. The average Bonchev–Trinajstić information content (AvgIpc) is 3.32. The summed E-state index contributed by atoms with van der Waals surface area (Å²) < 4.78 is 0. The number of fused-ring (bicyclic) bond motifs is 1. The third-order valence-corrected chi connectivity index (χ3v) is 6.87. The maximum atomic E-state index is 13.4. The van der Waals surface area contributed by atoms with Crippen molar-refractivity contribution in [1.29, 1.82) is 0 Å². The summed E-state index contributed by atoms with van der Waals surface area (Å²) in [6.45, 7) is 4.21. The highest BCUT2D eigenvalue weighted by molar-refractivity contribution is 6.30. The van der Waals surface area contributed by atoms with Crippen molar-refractivity contribution in [3.05, 3.63) is 100 Å². The minimum atomic E-state index is -0.173. The molecular formula is C28H28ClN3O2. The number of likely N-dealkylation sites (tertiary alicyclic amines) is 1. The van der Waals surface area contributed by atoms with Gasteiger partial charge >= 0.3 is 0 Å². The molecule has 5 nitrogen and oxygen atoms in total. The molecule has 0 unspecified atom stereocenters. The second-order valence-electron chi connectivity index (χ2n) is 9.08. The van der Waals surface area contributed by atoms with E-state index < -0.39 is 0 Å². The van der Waals surface area contributed by atoms with Crippen molar-refractivity contribution in [2.75, 3.05) is 24.5 Å². The number of hydrogen-bond acceptors (Lipinski definition) is 3. The maximum Gasteiger partial charge on any atom is 0.254 e. The summed E-state index contributed by atoms with van der Waals surface area (Å²) in [4.78, 5) is 32.5. The molecule has 2 amide bonds. The van der Waals surface area contributed by atoms with Crippen molar-refractivity contribution in [2.24, 2.45) is 0 Å². The zero-order valence-electron chi connectivity index (χ0n) is 19.1. The Balaban J connectivity index is 1.35. The lowest BCUT2D eigenvalue weighted by atomic mass is 10.1. The number of hydrogen-bond donors (Lipinski definition) is 0. The molecule has 2 heterocycles. The van der Waals surface area contributed by atoms with Crippen molar-refractivity contribution in [1.82, 2.24) is 9.80 Å². The van der Waals surface area contributed by atoms with Gasteiger partial charge in [0.15, 0.2) is 0 Å². The highest BCUT2D eigenvalue weighted by atomic mass is 35.5. The first-order valence-corrected chi connectivity index (χ1v) is 12.2. The summed E-state index contributed by atoms with van der Waals surface area (Å²) in [6.07, 6.45) is 2.57. The summed E-state index contributed by atoms with van der Waals surface area (Å²) in [5.74, 6) is -0.263. The number of carbonyl (C=O) groups is 2. The number of benzene rings is 3. The minimum Gasteiger partial charge on any atom is -0.325 e. The van der Waals surface area contributed by atoms with Crippen LogP contribution in [-0.2, 0) is 24.4 Å². The molecule has 0 saturated carbocycles. The van der Waals surface area contributed by atoms with Crippen molar-refractivity contribution in [2.45, 2.75) is 32.5 Å². The smallest absolute Gasteiger partial charge is 0.254 e. The maximum absolute atomic E-state index is 13.4. The molecule has 1 saturated heterocycles. The van der Waals surface area contributed by atoms with Crippen LogP contribution in [0.3, 0.4) is 0 Å². The molecule has 0 aromatic heterocycles. The lowest BCUT2D eigenvalue weighted by Crippen LogP contribution is -2.39. The van der Waals surface area contributed by atoms with Crippen LogP contribution in [0.15, 0.2) is 72.8 Å². The molecule has 0 radical (unpaired) electrons. The Kier molecular flexibility index (Phi) is 6.66. The molecule has 0 atom stereocenters. The van der Waals surface area contributed by atoms with Crippen LogP contribution in [0, 0.1) is 0 Å². The summed E-state index contributed by atoms with van der Waals surface area (Å²) in [6, 6.07) is 23.2. The molecule has 2 aliphatic rings. The number of nitrogens with zero attached hydrogens (tertiary/aromatic N) is 3. The van der Waals surface area contributed by atoms with Gasteiger partial charge in [-0.25, -0.2) is 0 Å². The summed E-state index contributed by atoms with van der Waals surface area (Å²) in [5.41, 5.74) is 4.72. The largest absolute Gasteiger partial charge is 0.325 e. The fourth-order valence-corrected chi connectivity index (χ4v) is 4.90. The quantitative estimate of drug-likeness (QED) is 0.516. The molecule has 34 heavy (non-hydrogen) atoms. The average molecular weight is 474 g/mol. The van der Waals surface area contributed by atoms with Crippen LogP contribution in [0.1, 0.15) is 39.9 Å². The van der Waals surface area contributed by atoms with Gasteiger partial charge in [-0.15, -0.1) is 0 Å². The standard InChI is InChI=1S/C28H28ClN3O2/c29-25-13-11-23(12-14-25)28(34)31-19-24-5-1-2-6-26(24)32(27(33)20-31)18-22-9-7-21(8-10-22)17-30-15-3-4-16-30/h1-2,5-14H,3-4,15-20H2. The minimum absolute atomic E-state index is 0.0309. The van der Waals surface area contributed by atoms with Gasteiger partial charge in [0.05, 0.1) is 6.54 Å². The Bertz CT molecular complexity index is 1170. The Hall–Kier alpha value is -3.15. The molecule has 174 valence electrons. The fourth-order valence-electron chi connectivity index (χ4n) is 4.78. The van der Waals surface area contributed by atoms with E-state index in [-0.39, 0.29) is 18.4 Å². The number of rotatable bonds is 5. The number of para-hydroxylation sites is 1. The Morgan fingerprint density at radius 2 is 1.44 bits per heavy atom. The van der Waals surface area contributed by atoms with Gasteiger partial charge in [-0.3, -0.25) is 14.5 Å². The Labute approximate surface area is 205 Å². The molecule has 5 rings (SSSR count). The zero-order valence-corrected chi connectivity index (χ0v) is 19.9. The van der Waals surface area contributed by atoms with Gasteiger partial charge in [0, 0.05) is 29.4 Å². The first kappa shape index (κ1) is 22.6. The first-order valence-electron chi connectivity index (χ1n) is 11.8. The van der Waals surface area contributed by atoms with Crippen molar-refractivity contribution in [3.63, 3.8) is 0 Å². The van der Waals surface area contributed by atoms with Crippen LogP contribution in [0.2, 0.25) is 5.02 Å². The van der Waals surface area contributed by atoms with Gasteiger partial charge in [-0.05, 0) is 73.0 Å². The van der Waals surface area contributed by atoms with Crippen LogP contribution in [0.5, 0.6) is 0 Å². The first-order chi connectivity index (χ1) is 16.6. The van der Waals surface area contributed by atoms with E-state index in [4.69, 9.17) is 11.6 Å². The lowest BCUT2D eigenvalue weighted by Gasteiger charge is -2.23. The Morgan fingerprint density at radius 1 is 0.794 bits per heavy atom. The van der Waals surface area contributed by atoms with Gasteiger partial charge in [-0.1, -0.05) is 54.1 Å². The van der Waals surface area contributed by atoms with Crippen LogP contribution in [-0.4, -0.2) is 41.2 Å². The molecule has 0 N–H and O–H groups in total. The van der Waals surface area contributed by atoms with Crippen LogP contribution >= 0.6 is 11.6 Å². The van der Waals surface area contributed by atoms with Gasteiger partial charge in [0.1, 0.15) is 6.54 Å². The van der Waals surface area contributed by atoms with Gasteiger partial charge in [0.25, 0.3) is 5.91 Å². The van der Waals surface area contributed by atoms with E-state index in [0.29, 0.717) is 23.7 Å². The number of carbonyl (C=O) groups excluding carboxylic acids is 2. The van der Waals surface area contributed by atoms with E-state index in [1.165, 1.54) is 31.5 Å². The molecular weight excluding hydrogens is 446 g/mol. The number of amides is 2. The predicted molar refractivity (Wildman–Crippen MR) is 135 cm³/mol. The van der Waals surface area contributed by atoms with Gasteiger partial charge in [-0.2, -0.15) is 0 Å². The van der Waals surface area contributed by atoms with Crippen LogP contribution in [0.25, 0.3) is 0 Å². The van der Waals surface area contributed by atoms with E-state index in [2.05, 4.69) is 29.2 Å².